The number of rotatable bonds is 5. The highest BCUT2D eigenvalue weighted by atomic mass is 35.5. The summed E-state index contributed by atoms with van der Waals surface area (Å²) in [4.78, 5) is 11.4. The largest absolute Gasteiger partial charge is 0.517 e. The van der Waals surface area contributed by atoms with Gasteiger partial charge >= 0.3 is 5.97 Å². The molecule has 0 radical (unpaired) electrons. The van der Waals surface area contributed by atoms with Gasteiger partial charge in [0.25, 0.3) is 8.32 Å². The van der Waals surface area contributed by atoms with Crippen molar-refractivity contribution in [2.24, 2.45) is 0 Å². The van der Waals surface area contributed by atoms with Crippen LogP contribution in [0.3, 0.4) is 0 Å². The van der Waals surface area contributed by atoms with Crippen molar-refractivity contribution in [1.29, 1.82) is 0 Å². The third-order valence-corrected chi connectivity index (χ3v) is 9.32. The van der Waals surface area contributed by atoms with E-state index in [9.17, 15) is 4.79 Å². The lowest BCUT2D eigenvalue weighted by molar-refractivity contribution is -0.132. The summed E-state index contributed by atoms with van der Waals surface area (Å²) < 4.78 is 5.74. The Kier molecular flexibility index (Phi) is 5.89. The fourth-order valence-electron chi connectivity index (χ4n) is 2.58. The van der Waals surface area contributed by atoms with E-state index in [1.807, 2.05) is 0 Å². The molecule has 0 aliphatic rings. The summed E-state index contributed by atoms with van der Waals surface area (Å²) in [6.07, 6.45) is 0. The smallest absolute Gasteiger partial charge is 0.307 e. The summed E-state index contributed by atoms with van der Waals surface area (Å²) in [5, 5.41) is 0. The molecule has 0 spiro atoms. The first kappa shape index (κ1) is 15.0. The molecule has 0 N–H and O–H groups in total. The molecule has 0 bridgehead atoms. The molecule has 0 aromatic heterocycles. The van der Waals surface area contributed by atoms with Crippen LogP contribution in [0.25, 0.3) is 0 Å². The van der Waals surface area contributed by atoms with Crippen molar-refractivity contribution in [2.45, 2.75) is 58.2 Å². The Balaban J connectivity index is 5.05. The van der Waals surface area contributed by atoms with Gasteiger partial charge < -0.3 is 4.43 Å². The summed E-state index contributed by atoms with van der Waals surface area (Å²) in [6.45, 7) is 12.9. The van der Waals surface area contributed by atoms with Gasteiger partial charge in [0.15, 0.2) is 0 Å². The molecule has 90 valence electrons. The third kappa shape index (κ3) is 3.21. The predicted octanol–water partition coefficient (Wildman–Crippen LogP) is 3.94. The molecule has 0 heterocycles. The summed E-state index contributed by atoms with van der Waals surface area (Å²) >= 11 is 5.52. The Bertz CT molecular complexity index is 193. The maximum atomic E-state index is 11.4. The molecule has 0 aromatic rings. The van der Waals surface area contributed by atoms with Gasteiger partial charge in [0.1, 0.15) is 5.88 Å². The van der Waals surface area contributed by atoms with Gasteiger partial charge in [-0.15, -0.1) is 11.6 Å². The van der Waals surface area contributed by atoms with Gasteiger partial charge in [-0.05, 0) is 16.6 Å². The van der Waals surface area contributed by atoms with Gasteiger partial charge in [-0.1, -0.05) is 41.5 Å². The van der Waals surface area contributed by atoms with Gasteiger partial charge in [-0.2, -0.15) is 0 Å². The van der Waals surface area contributed by atoms with Crippen LogP contribution in [0.2, 0.25) is 16.6 Å². The number of carbonyl (C=O) groups is 1. The van der Waals surface area contributed by atoms with Crippen molar-refractivity contribution in [2.75, 3.05) is 5.88 Å². The van der Waals surface area contributed by atoms with Gasteiger partial charge in [0, 0.05) is 0 Å². The summed E-state index contributed by atoms with van der Waals surface area (Å²) in [5.74, 6) is -0.305. The van der Waals surface area contributed by atoms with E-state index in [1.165, 1.54) is 0 Å². The fourth-order valence-corrected chi connectivity index (χ4v) is 7.90. The molecule has 15 heavy (non-hydrogen) atoms. The molecule has 0 unspecified atom stereocenters. The van der Waals surface area contributed by atoms with Crippen molar-refractivity contribution in [3.8, 4) is 0 Å². The highest BCUT2D eigenvalue weighted by Crippen LogP contribution is 2.42. The topological polar surface area (TPSA) is 26.3 Å². The highest BCUT2D eigenvalue weighted by Gasteiger charge is 2.47. The third-order valence-electron chi connectivity index (χ3n) is 3.11. The normalized spacial score (nSPS) is 12.7. The molecular formula is C11H23ClO2Si. The van der Waals surface area contributed by atoms with Crippen molar-refractivity contribution in [3.63, 3.8) is 0 Å². The SMILES string of the molecule is CC(C)[Si](OC(=O)CCl)(C(C)C)C(C)C. The fraction of sp³-hybridized carbons (Fsp3) is 0.909. The quantitative estimate of drug-likeness (QED) is 0.546. The van der Waals surface area contributed by atoms with E-state index in [0.717, 1.165) is 0 Å². The van der Waals surface area contributed by atoms with Crippen LogP contribution in [-0.2, 0) is 9.22 Å². The lowest BCUT2D eigenvalue weighted by Gasteiger charge is -2.41. The van der Waals surface area contributed by atoms with Crippen LogP contribution in [0, 0.1) is 0 Å². The van der Waals surface area contributed by atoms with Crippen LogP contribution in [0.15, 0.2) is 0 Å². The Hall–Kier alpha value is -0.0231. The molecule has 0 saturated heterocycles. The van der Waals surface area contributed by atoms with Gasteiger partial charge in [-0.3, -0.25) is 4.79 Å². The molecule has 0 aliphatic heterocycles. The van der Waals surface area contributed by atoms with E-state index in [-0.39, 0.29) is 11.8 Å². The molecule has 0 aliphatic carbocycles. The van der Waals surface area contributed by atoms with Crippen molar-refractivity contribution in [3.05, 3.63) is 0 Å². The number of hydrogen-bond donors (Lipinski definition) is 0. The minimum absolute atomic E-state index is 0.0408. The Morgan fingerprint density at radius 3 is 1.60 bits per heavy atom. The van der Waals surface area contributed by atoms with Crippen LogP contribution in [-0.4, -0.2) is 20.2 Å². The summed E-state index contributed by atoms with van der Waals surface area (Å²) in [5.41, 5.74) is 1.26. The van der Waals surface area contributed by atoms with E-state index in [2.05, 4.69) is 41.5 Å². The molecule has 0 saturated carbocycles. The van der Waals surface area contributed by atoms with E-state index in [4.69, 9.17) is 16.0 Å². The highest BCUT2D eigenvalue weighted by molar-refractivity contribution is 6.79. The molecule has 4 heteroatoms. The van der Waals surface area contributed by atoms with E-state index in [1.54, 1.807) is 0 Å². The van der Waals surface area contributed by atoms with E-state index in [0.29, 0.717) is 16.6 Å². The molecule has 2 nitrogen and oxygen atoms in total. The van der Waals surface area contributed by atoms with Crippen LogP contribution in [0.4, 0.5) is 0 Å². The Labute approximate surface area is 99.5 Å². The minimum atomic E-state index is -2.05. The predicted molar refractivity (Wildman–Crippen MR) is 67.9 cm³/mol. The van der Waals surface area contributed by atoms with Crippen molar-refractivity contribution >= 4 is 25.9 Å². The van der Waals surface area contributed by atoms with Crippen molar-refractivity contribution < 1.29 is 9.22 Å². The first-order chi connectivity index (χ1) is 6.78. The minimum Gasteiger partial charge on any atom is -0.517 e. The molecule has 0 atom stereocenters. The van der Waals surface area contributed by atoms with Crippen LogP contribution in [0.5, 0.6) is 0 Å². The zero-order valence-electron chi connectivity index (χ0n) is 10.6. The van der Waals surface area contributed by atoms with Crippen molar-refractivity contribution in [1.82, 2.24) is 0 Å². The zero-order valence-corrected chi connectivity index (χ0v) is 12.4. The molecule has 0 fully saturated rings. The van der Waals surface area contributed by atoms with Gasteiger partial charge in [0.2, 0.25) is 0 Å². The number of hydrogen-bond acceptors (Lipinski definition) is 2. The number of alkyl halides is 1. The average Bonchev–Trinajstić information content (AvgIpc) is 2.11. The maximum Gasteiger partial charge on any atom is 0.307 e. The van der Waals surface area contributed by atoms with Crippen LogP contribution >= 0.6 is 11.6 Å². The van der Waals surface area contributed by atoms with Crippen LogP contribution in [0.1, 0.15) is 41.5 Å². The van der Waals surface area contributed by atoms with Gasteiger partial charge in [0.05, 0.1) is 0 Å². The Morgan fingerprint density at radius 1 is 1.07 bits per heavy atom. The molecule has 0 amide bonds. The molecular weight excluding hydrogens is 228 g/mol. The second-order valence-corrected chi connectivity index (χ2v) is 10.6. The number of halogens is 1. The monoisotopic (exact) mass is 250 g/mol. The lowest BCUT2D eigenvalue weighted by Crippen LogP contribution is -2.49. The molecule has 0 aromatic carbocycles. The average molecular weight is 251 g/mol. The summed E-state index contributed by atoms with van der Waals surface area (Å²) in [6, 6.07) is 0. The number of carbonyl (C=O) groups excluding carboxylic acids is 1. The molecule has 0 rings (SSSR count). The van der Waals surface area contributed by atoms with E-state index < -0.39 is 8.32 Å². The second-order valence-electron chi connectivity index (χ2n) is 4.93. The van der Waals surface area contributed by atoms with E-state index >= 15 is 0 Å². The standard InChI is InChI=1S/C11H23ClO2Si/c1-8(2)15(9(3)4,10(5)6)14-11(13)7-12/h8-10H,7H2,1-6H3. The second kappa shape index (κ2) is 5.90. The summed E-state index contributed by atoms with van der Waals surface area (Å²) in [7, 11) is -2.05. The lowest BCUT2D eigenvalue weighted by atomic mass is 10.5. The first-order valence-corrected chi connectivity index (χ1v) is 8.24. The van der Waals surface area contributed by atoms with Gasteiger partial charge in [-0.25, -0.2) is 0 Å². The maximum absolute atomic E-state index is 11.4. The zero-order chi connectivity index (χ0) is 12.2. The Morgan fingerprint density at radius 2 is 1.40 bits per heavy atom. The van der Waals surface area contributed by atoms with Crippen LogP contribution < -0.4 is 0 Å². The first-order valence-electron chi connectivity index (χ1n) is 5.56.